The van der Waals surface area contributed by atoms with Crippen LogP contribution in [0.5, 0.6) is 0 Å². The van der Waals surface area contributed by atoms with E-state index in [2.05, 4.69) is 30.7 Å². The van der Waals surface area contributed by atoms with E-state index in [1.807, 2.05) is 0 Å². The highest BCUT2D eigenvalue weighted by molar-refractivity contribution is 4.94. The van der Waals surface area contributed by atoms with Gasteiger partial charge in [-0.15, -0.1) is 0 Å². The van der Waals surface area contributed by atoms with Crippen molar-refractivity contribution in [2.24, 2.45) is 11.8 Å². The molecule has 2 unspecified atom stereocenters. The van der Waals surface area contributed by atoms with Gasteiger partial charge < -0.3 is 9.80 Å². The molecule has 76 valence electrons. The van der Waals surface area contributed by atoms with Crippen LogP contribution in [0.3, 0.4) is 0 Å². The third-order valence-corrected chi connectivity index (χ3v) is 3.52. The van der Waals surface area contributed by atoms with Crippen LogP contribution in [0.15, 0.2) is 0 Å². The molecule has 0 spiro atoms. The lowest BCUT2D eigenvalue weighted by atomic mass is 10.1. The highest BCUT2D eigenvalue weighted by Gasteiger charge is 2.39. The Morgan fingerprint density at radius 3 is 2.69 bits per heavy atom. The van der Waals surface area contributed by atoms with Crippen LogP contribution in [-0.4, -0.2) is 49.1 Å². The molecule has 0 bridgehead atoms. The zero-order valence-electron chi connectivity index (χ0n) is 9.16. The first kappa shape index (κ1) is 9.47. The number of hydrogen-bond donors (Lipinski definition) is 0. The van der Waals surface area contributed by atoms with Gasteiger partial charge in [-0.3, -0.25) is 0 Å². The van der Waals surface area contributed by atoms with Crippen molar-refractivity contribution >= 4 is 0 Å². The summed E-state index contributed by atoms with van der Waals surface area (Å²) in [4.78, 5) is 5.20. The van der Waals surface area contributed by atoms with Crippen LogP contribution in [0.2, 0.25) is 0 Å². The maximum absolute atomic E-state index is 2.65. The minimum atomic E-state index is 0.823. The Morgan fingerprint density at radius 2 is 2.08 bits per heavy atom. The molecular formula is C11H22N2. The van der Waals surface area contributed by atoms with Gasteiger partial charge in [0.2, 0.25) is 0 Å². The molecule has 0 radical (unpaired) electrons. The van der Waals surface area contributed by atoms with E-state index < -0.39 is 0 Å². The summed E-state index contributed by atoms with van der Waals surface area (Å²) in [6.07, 6.45) is 1.43. The second-order valence-corrected chi connectivity index (χ2v) is 5.21. The molecule has 2 heterocycles. The monoisotopic (exact) mass is 182 g/mol. The van der Waals surface area contributed by atoms with Gasteiger partial charge in [0.15, 0.2) is 0 Å². The standard InChI is InChI=1S/C11H22N2/c1-9(2)6-13-7-10-4-5-12(3)11(10)8-13/h9-11H,4-8H2,1-3H3. The van der Waals surface area contributed by atoms with Crippen molar-refractivity contribution in [1.82, 2.24) is 9.80 Å². The largest absolute Gasteiger partial charge is 0.302 e. The van der Waals surface area contributed by atoms with E-state index in [-0.39, 0.29) is 0 Å². The number of nitrogens with zero attached hydrogens (tertiary/aromatic N) is 2. The van der Waals surface area contributed by atoms with Gasteiger partial charge in [0.25, 0.3) is 0 Å². The quantitative estimate of drug-likeness (QED) is 0.635. The zero-order valence-corrected chi connectivity index (χ0v) is 9.16. The molecule has 2 rings (SSSR count). The van der Waals surface area contributed by atoms with E-state index in [1.54, 1.807) is 0 Å². The van der Waals surface area contributed by atoms with E-state index >= 15 is 0 Å². The van der Waals surface area contributed by atoms with Crippen molar-refractivity contribution in [2.45, 2.75) is 26.3 Å². The van der Waals surface area contributed by atoms with E-state index in [1.165, 1.54) is 32.6 Å². The fraction of sp³-hybridized carbons (Fsp3) is 1.00. The summed E-state index contributed by atoms with van der Waals surface area (Å²) in [5.74, 6) is 1.80. The van der Waals surface area contributed by atoms with Gasteiger partial charge in [-0.05, 0) is 31.8 Å². The van der Waals surface area contributed by atoms with Gasteiger partial charge in [-0.25, -0.2) is 0 Å². The van der Waals surface area contributed by atoms with E-state index in [9.17, 15) is 0 Å². The van der Waals surface area contributed by atoms with Crippen molar-refractivity contribution in [2.75, 3.05) is 33.2 Å². The average molecular weight is 182 g/mol. The number of hydrogen-bond acceptors (Lipinski definition) is 2. The van der Waals surface area contributed by atoms with Gasteiger partial charge in [-0.1, -0.05) is 13.8 Å². The lowest BCUT2D eigenvalue weighted by molar-refractivity contribution is 0.243. The summed E-state index contributed by atoms with van der Waals surface area (Å²) in [6, 6.07) is 0.874. The Morgan fingerprint density at radius 1 is 1.31 bits per heavy atom. The van der Waals surface area contributed by atoms with Crippen LogP contribution in [0.25, 0.3) is 0 Å². The normalized spacial score (nSPS) is 36.0. The van der Waals surface area contributed by atoms with Crippen molar-refractivity contribution in [1.29, 1.82) is 0 Å². The lowest BCUT2D eigenvalue weighted by Gasteiger charge is -2.21. The maximum Gasteiger partial charge on any atom is 0.0261 e. The van der Waals surface area contributed by atoms with Crippen molar-refractivity contribution in [3.8, 4) is 0 Å². The van der Waals surface area contributed by atoms with Crippen molar-refractivity contribution in [3.05, 3.63) is 0 Å². The van der Waals surface area contributed by atoms with Crippen LogP contribution in [0, 0.1) is 11.8 Å². The molecule has 2 saturated heterocycles. The summed E-state index contributed by atoms with van der Waals surface area (Å²) in [5, 5.41) is 0. The predicted octanol–water partition coefficient (Wildman–Crippen LogP) is 1.28. The molecule has 0 saturated carbocycles. The Bertz CT molecular complexity index is 179. The minimum Gasteiger partial charge on any atom is -0.302 e. The molecule has 0 aromatic rings. The summed E-state index contributed by atoms with van der Waals surface area (Å²) >= 11 is 0. The molecule has 0 aromatic heterocycles. The topological polar surface area (TPSA) is 6.48 Å². The second kappa shape index (κ2) is 3.58. The molecule has 2 heteroatoms. The molecule has 0 aliphatic carbocycles. The first-order valence-electron chi connectivity index (χ1n) is 5.59. The van der Waals surface area contributed by atoms with Gasteiger partial charge in [0, 0.05) is 25.7 Å². The van der Waals surface area contributed by atoms with Crippen LogP contribution in [0.1, 0.15) is 20.3 Å². The summed E-state index contributed by atoms with van der Waals surface area (Å²) < 4.78 is 0. The van der Waals surface area contributed by atoms with E-state index in [4.69, 9.17) is 0 Å². The molecule has 0 aromatic carbocycles. The number of likely N-dealkylation sites (N-methyl/N-ethyl adjacent to an activating group) is 1. The maximum atomic E-state index is 2.65. The number of rotatable bonds is 2. The second-order valence-electron chi connectivity index (χ2n) is 5.21. The molecule has 2 aliphatic heterocycles. The summed E-state index contributed by atoms with van der Waals surface area (Å²) in [7, 11) is 2.28. The Hall–Kier alpha value is -0.0800. The molecule has 2 fully saturated rings. The van der Waals surface area contributed by atoms with Crippen LogP contribution < -0.4 is 0 Å². The van der Waals surface area contributed by atoms with E-state index in [0.717, 1.165) is 17.9 Å². The zero-order chi connectivity index (χ0) is 9.42. The van der Waals surface area contributed by atoms with Crippen LogP contribution >= 0.6 is 0 Å². The molecule has 0 N–H and O–H groups in total. The summed E-state index contributed by atoms with van der Waals surface area (Å²) in [6.45, 7) is 9.92. The first-order valence-corrected chi connectivity index (χ1v) is 5.59. The third-order valence-electron chi connectivity index (χ3n) is 3.52. The minimum absolute atomic E-state index is 0.823. The van der Waals surface area contributed by atoms with Gasteiger partial charge in [0.1, 0.15) is 0 Å². The molecule has 2 atom stereocenters. The molecular weight excluding hydrogens is 160 g/mol. The van der Waals surface area contributed by atoms with Gasteiger partial charge >= 0.3 is 0 Å². The summed E-state index contributed by atoms with van der Waals surface area (Å²) in [5.41, 5.74) is 0. The highest BCUT2D eigenvalue weighted by Crippen LogP contribution is 2.30. The van der Waals surface area contributed by atoms with Crippen molar-refractivity contribution < 1.29 is 0 Å². The SMILES string of the molecule is CC(C)CN1CC2CCN(C)C2C1. The average Bonchev–Trinajstić information content (AvgIpc) is 2.53. The molecule has 2 aliphatic rings. The lowest BCUT2D eigenvalue weighted by Crippen LogP contribution is -2.33. The Kier molecular flexibility index (Phi) is 2.61. The molecule has 2 nitrogen and oxygen atoms in total. The number of fused-ring (bicyclic) bond motifs is 1. The predicted molar refractivity (Wildman–Crippen MR) is 55.8 cm³/mol. The Labute approximate surface area is 81.9 Å². The third kappa shape index (κ3) is 1.89. The van der Waals surface area contributed by atoms with Crippen LogP contribution in [-0.2, 0) is 0 Å². The number of likely N-dealkylation sites (tertiary alicyclic amines) is 2. The highest BCUT2D eigenvalue weighted by atomic mass is 15.3. The van der Waals surface area contributed by atoms with Gasteiger partial charge in [-0.2, -0.15) is 0 Å². The Balaban J connectivity index is 1.87. The fourth-order valence-corrected chi connectivity index (χ4v) is 2.93. The fourth-order valence-electron chi connectivity index (χ4n) is 2.93. The van der Waals surface area contributed by atoms with Gasteiger partial charge in [0.05, 0.1) is 0 Å². The smallest absolute Gasteiger partial charge is 0.0261 e. The van der Waals surface area contributed by atoms with Crippen molar-refractivity contribution in [3.63, 3.8) is 0 Å². The van der Waals surface area contributed by atoms with E-state index in [0.29, 0.717) is 0 Å². The molecule has 0 amide bonds. The van der Waals surface area contributed by atoms with Crippen LogP contribution in [0.4, 0.5) is 0 Å². The molecule has 13 heavy (non-hydrogen) atoms. The first-order chi connectivity index (χ1) is 6.16.